The van der Waals surface area contributed by atoms with Crippen LogP contribution in [0.2, 0.25) is 0 Å². The van der Waals surface area contributed by atoms with Crippen molar-refractivity contribution in [2.24, 2.45) is 0 Å². The lowest BCUT2D eigenvalue weighted by atomic mass is 10.0. The second kappa shape index (κ2) is 43.8. The van der Waals surface area contributed by atoms with Gasteiger partial charge in [0.1, 0.15) is 44.7 Å². The smallest absolute Gasteiger partial charge is 0.362 e. The van der Waals surface area contributed by atoms with Crippen molar-refractivity contribution in [3.63, 3.8) is 0 Å². The van der Waals surface area contributed by atoms with Crippen LogP contribution in [-0.4, -0.2) is 153 Å². The summed E-state index contributed by atoms with van der Waals surface area (Å²) in [5.41, 5.74) is 0. The average Bonchev–Trinajstić information content (AvgIpc) is 3.31. The van der Waals surface area contributed by atoms with Gasteiger partial charge in [-0.25, -0.2) is 9.59 Å². The van der Waals surface area contributed by atoms with Crippen LogP contribution in [0, 0.1) is 0 Å². The fourth-order valence-electron chi connectivity index (χ4n) is 8.07. The predicted octanol–water partition coefficient (Wildman–Crippen LogP) is 9.02. The Kier molecular flexibility index (Phi) is 41.2. The molecule has 0 spiro atoms. The van der Waals surface area contributed by atoms with E-state index in [4.69, 9.17) is 18.9 Å². The molecule has 0 bridgehead atoms. The zero-order chi connectivity index (χ0) is 55.5. The number of aliphatic hydroxyl groups is 2. The van der Waals surface area contributed by atoms with Crippen molar-refractivity contribution in [3.05, 3.63) is 48.6 Å². The molecule has 4 N–H and O–H groups in total. The molecule has 4 atom stereocenters. The summed E-state index contributed by atoms with van der Waals surface area (Å²) in [4.78, 5) is 73.6. The lowest BCUT2D eigenvalue weighted by Gasteiger charge is -2.30. The van der Waals surface area contributed by atoms with E-state index in [0.717, 1.165) is 116 Å². The number of hydrogen-bond donors (Lipinski definition) is 4. The van der Waals surface area contributed by atoms with Crippen LogP contribution in [0.1, 0.15) is 189 Å². The zero-order valence-electron chi connectivity index (χ0n) is 47.6. The van der Waals surface area contributed by atoms with Gasteiger partial charge in [-0.15, -0.1) is 0 Å². The summed E-state index contributed by atoms with van der Waals surface area (Å²) in [6.07, 6.45) is 31.7. The molecule has 0 rings (SSSR count). The van der Waals surface area contributed by atoms with E-state index in [0.29, 0.717) is 60.6 Å². The minimum Gasteiger partial charge on any atom is -0.460 e. The molecule has 426 valence electrons. The van der Waals surface area contributed by atoms with Crippen LogP contribution in [-0.2, 0) is 47.7 Å². The Hall–Kier alpha value is -4.38. The number of esters is 4. The Morgan fingerprint density at radius 1 is 0.527 bits per heavy atom. The highest BCUT2D eigenvalue weighted by Gasteiger charge is 2.29. The maximum Gasteiger partial charge on any atom is 0.362 e. The minimum absolute atomic E-state index is 0.106. The summed E-state index contributed by atoms with van der Waals surface area (Å²) in [7, 11) is 7.51. The van der Waals surface area contributed by atoms with E-state index in [-0.39, 0.29) is 62.0 Å². The predicted molar refractivity (Wildman–Crippen MR) is 293 cm³/mol. The van der Waals surface area contributed by atoms with Gasteiger partial charge >= 0.3 is 23.9 Å². The molecule has 74 heavy (non-hydrogen) atoms. The second-order valence-corrected chi connectivity index (χ2v) is 21.0. The first-order valence-corrected chi connectivity index (χ1v) is 28.1. The fraction of sp³-hybridized carbons (Fsp3) is 0.759. The number of quaternary nitrogens is 2. The van der Waals surface area contributed by atoms with Crippen molar-refractivity contribution in [2.45, 2.75) is 219 Å². The lowest BCUT2D eigenvalue weighted by molar-refractivity contribution is -0.883. The molecule has 4 unspecified atom stereocenters. The van der Waals surface area contributed by atoms with Crippen molar-refractivity contribution in [1.29, 1.82) is 0 Å². The summed E-state index contributed by atoms with van der Waals surface area (Å²) >= 11 is 0. The second-order valence-electron chi connectivity index (χ2n) is 21.0. The first-order valence-electron chi connectivity index (χ1n) is 28.1. The molecule has 0 saturated heterocycles. The Morgan fingerprint density at radius 3 is 1.30 bits per heavy atom. The van der Waals surface area contributed by atoms with Crippen LogP contribution in [0.5, 0.6) is 0 Å². The van der Waals surface area contributed by atoms with Gasteiger partial charge in [0, 0.05) is 26.7 Å². The van der Waals surface area contributed by atoms with E-state index in [1.54, 1.807) is 6.08 Å². The molecular formula is C58H104N4O12+2. The number of nitrogens with zero attached hydrogens (tertiary/aromatic N) is 2. The minimum atomic E-state index is -0.793. The number of carbonyl (C=O) groups is 6. The number of unbranched alkanes of at least 4 members (excludes halogenated alkanes) is 14. The number of likely N-dealkylation sites (N-methyl/N-ethyl adjacent to an activating group) is 2. The average molecular weight is 1050 g/mol. The number of nitrogens with one attached hydrogen (secondary N) is 2. The normalized spacial score (nSPS) is 14.3. The van der Waals surface area contributed by atoms with Crippen molar-refractivity contribution in [2.75, 3.05) is 67.6 Å². The van der Waals surface area contributed by atoms with Crippen LogP contribution >= 0.6 is 0 Å². The molecule has 0 aromatic heterocycles. The van der Waals surface area contributed by atoms with Gasteiger partial charge in [0.05, 0.1) is 40.4 Å². The van der Waals surface area contributed by atoms with E-state index < -0.39 is 30.6 Å². The number of aliphatic hydroxyl groups excluding tert-OH is 2. The number of amides is 2. The third kappa shape index (κ3) is 41.9. The molecule has 0 aliphatic rings. The monoisotopic (exact) mass is 1050 g/mol. The van der Waals surface area contributed by atoms with Gasteiger partial charge in [0.25, 0.3) is 0 Å². The van der Waals surface area contributed by atoms with Gasteiger partial charge in [-0.3, -0.25) is 19.2 Å². The summed E-state index contributed by atoms with van der Waals surface area (Å²) in [6.45, 7) is 10.4. The van der Waals surface area contributed by atoms with Crippen LogP contribution in [0.4, 0.5) is 0 Å². The quantitative estimate of drug-likeness (QED) is 0.00858. The highest BCUT2D eigenvalue weighted by Crippen LogP contribution is 2.18. The molecule has 0 radical (unpaired) electrons. The van der Waals surface area contributed by atoms with Crippen LogP contribution in [0.25, 0.3) is 0 Å². The third-order valence-corrected chi connectivity index (χ3v) is 12.6. The molecule has 0 aliphatic heterocycles. The van der Waals surface area contributed by atoms with Gasteiger partial charge < -0.3 is 48.8 Å². The van der Waals surface area contributed by atoms with E-state index in [9.17, 15) is 39.0 Å². The largest absolute Gasteiger partial charge is 0.460 e. The van der Waals surface area contributed by atoms with Gasteiger partial charge in [0.15, 0.2) is 13.1 Å². The van der Waals surface area contributed by atoms with Crippen molar-refractivity contribution in [3.8, 4) is 0 Å². The summed E-state index contributed by atoms with van der Waals surface area (Å²) in [5, 5.41) is 27.8. The summed E-state index contributed by atoms with van der Waals surface area (Å²) in [5.74, 6) is -1.68. The standard InChI is InChI=1S/C58H102N4O12/c1-10-13-28-37-52(73-57(69)46-61(6,7)42-44-71-48(4)63)50(65)35-31-24-20-16-18-22-26-33-40-55(67)59-54(39-30-15-12-3)60-56(68)41-34-27-23-19-17-21-25-32-36-51(66)53(38-29-14-11-2)74-58(70)47-62(8,9)43-45-72-49(5)64/h12,15,24-25,30-32,39,50-54,65-66H,10-11,13-14,16-23,26-29,33-38,40-47H2,1-9H3/p+2/b15-12+,31-24?,32-25?,39-30+. The molecular weight excluding hydrogens is 945 g/mol. The Balaban J connectivity index is 4.57. The highest BCUT2D eigenvalue weighted by atomic mass is 16.6. The SMILES string of the molecule is C/C=C/C=C/C(NC(=O)CCCCCCCC=CCC(O)C(CCCCC)OC(=O)C[N+](C)(C)CCOC(C)=O)NC(=O)CCCCCCCC=CCC(O)C(CCCCC)OC(=O)C[N+](C)(C)CCOC(C)=O. The zero-order valence-corrected chi connectivity index (χ0v) is 47.6. The highest BCUT2D eigenvalue weighted by molar-refractivity contribution is 5.79. The Morgan fingerprint density at radius 2 is 0.919 bits per heavy atom. The molecule has 0 aromatic carbocycles. The molecule has 0 aromatic rings. The van der Waals surface area contributed by atoms with Gasteiger partial charge in [-0.1, -0.05) is 121 Å². The summed E-state index contributed by atoms with van der Waals surface area (Å²) < 4.78 is 22.3. The topological polar surface area (TPSA) is 204 Å². The number of ether oxygens (including phenoxy) is 4. The molecule has 0 aliphatic carbocycles. The van der Waals surface area contributed by atoms with E-state index >= 15 is 0 Å². The first-order chi connectivity index (χ1) is 35.2. The molecule has 0 heterocycles. The summed E-state index contributed by atoms with van der Waals surface area (Å²) in [6, 6.07) is 0. The van der Waals surface area contributed by atoms with Crippen molar-refractivity contribution >= 4 is 35.7 Å². The molecule has 0 saturated carbocycles. The Labute approximate surface area is 447 Å². The number of carbonyl (C=O) groups excluding carboxylic acids is 6. The lowest BCUT2D eigenvalue weighted by Crippen LogP contribution is -2.47. The van der Waals surface area contributed by atoms with Crippen LogP contribution in [0.15, 0.2) is 48.6 Å². The molecule has 16 nitrogen and oxygen atoms in total. The van der Waals surface area contributed by atoms with Crippen LogP contribution in [0.3, 0.4) is 0 Å². The van der Waals surface area contributed by atoms with Gasteiger partial charge in [0.2, 0.25) is 11.8 Å². The maximum absolute atomic E-state index is 12.9. The van der Waals surface area contributed by atoms with Crippen LogP contribution < -0.4 is 10.6 Å². The van der Waals surface area contributed by atoms with E-state index in [1.165, 1.54) is 13.8 Å². The van der Waals surface area contributed by atoms with Crippen molar-refractivity contribution < 1.29 is 66.9 Å². The molecule has 16 heteroatoms. The molecule has 2 amide bonds. The number of rotatable bonds is 46. The fourth-order valence-corrected chi connectivity index (χ4v) is 8.07. The van der Waals surface area contributed by atoms with Gasteiger partial charge in [-0.05, 0) is 90.0 Å². The third-order valence-electron chi connectivity index (χ3n) is 12.6. The maximum atomic E-state index is 12.9. The van der Waals surface area contributed by atoms with Gasteiger partial charge in [-0.2, -0.15) is 0 Å². The van der Waals surface area contributed by atoms with E-state index in [1.807, 2.05) is 65.5 Å². The Bertz CT molecular complexity index is 1550. The number of allylic oxidation sites excluding steroid dienone is 5. The first kappa shape index (κ1) is 69.6. The number of hydrogen-bond acceptors (Lipinski definition) is 12. The van der Waals surface area contributed by atoms with Crippen molar-refractivity contribution in [1.82, 2.24) is 10.6 Å². The molecule has 0 fully saturated rings. The van der Waals surface area contributed by atoms with E-state index in [2.05, 4.69) is 36.6 Å².